The van der Waals surface area contributed by atoms with Crippen molar-refractivity contribution in [3.05, 3.63) is 46.5 Å². The van der Waals surface area contributed by atoms with Crippen LogP contribution in [0.2, 0.25) is 0 Å². The zero-order valence-corrected chi connectivity index (χ0v) is 11.4. The van der Waals surface area contributed by atoms with E-state index in [-0.39, 0.29) is 5.56 Å². The van der Waals surface area contributed by atoms with Crippen LogP contribution in [0.4, 0.5) is 8.78 Å². The van der Waals surface area contributed by atoms with Gasteiger partial charge in [-0.3, -0.25) is 4.79 Å². The smallest absolute Gasteiger partial charge is 0.257 e. The molecule has 3 nitrogen and oxygen atoms in total. The number of carbonyl (C=O) groups is 1. The molecular weight excluding hydrogens is 262 g/mol. The fourth-order valence-electron chi connectivity index (χ4n) is 2.19. The summed E-state index contributed by atoms with van der Waals surface area (Å²) in [5, 5.41) is 5.77. The Morgan fingerprint density at radius 1 is 1.40 bits per heavy atom. The highest BCUT2D eigenvalue weighted by Crippen LogP contribution is 2.16. The molecule has 0 fully saturated rings. The van der Waals surface area contributed by atoms with E-state index in [1.807, 2.05) is 0 Å². The van der Waals surface area contributed by atoms with E-state index in [1.165, 1.54) is 18.6 Å². The van der Waals surface area contributed by atoms with Gasteiger partial charge in [-0.2, -0.15) is 0 Å². The number of hydrogen-bond donors (Lipinski definition) is 2. The summed E-state index contributed by atoms with van der Waals surface area (Å²) < 4.78 is 27.3. The minimum atomic E-state index is -0.827. The fraction of sp³-hybridized carbons (Fsp3) is 0.400. The molecule has 1 aromatic rings. The molecule has 2 N–H and O–H groups in total. The Bertz CT molecular complexity index is 541. The van der Waals surface area contributed by atoms with Crippen LogP contribution in [0.1, 0.15) is 28.8 Å². The van der Waals surface area contributed by atoms with E-state index >= 15 is 0 Å². The van der Waals surface area contributed by atoms with Gasteiger partial charge in [-0.15, -0.1) is 0 Å². The largest absolute Gasteiger partial charge is 0.352 e. The van der Waals surface area contributed by atoms with Crippen molar-refractivity contribution in [3.8, 4) is 0 Å². The monoisotopic (exact) mass is 280 g/mol. The molecule has 0 aromatic heterocycles. The quantitative estimate of drug-likeness (QED) is 0.831. The van der Waals surface area contributed by atoms with Gasteiger partial charge in [0.25, 0.3) is 5.91 Å². The summed E-state index contributed by atoms with van der Waals surface area (Å²) in [7, 11) is 0. The molecule has 0 bridgehead atoms. The average molecular weight is 280 g/mol. The van der Waals surface area contributed by atoms with E-state index in [0.717, 1.165) is 25.6 Å². The number of amides is 1. The first kappa shape index (κ1) is 14.7. The van der Waals surface area contributed by atoms with Crippen molar-refractivity contribution in [2.45, 2.75) is 19.8 Å². The van der Waals surface area contributed by atoms with E-state index in [4.69, 9.17) is 0 Å². The predicted molar refractivity (Wildman–Crippen MR) is 73.6 cm³/mol. The number of rotatable bonds is 4. The average Bonchev–Trinajstić information content (AvgIpc) is 2.44. The van der Waals surface area contributed by atoms with E-state index in [2.05, 4.69) is 16.7 Å². The normalized spacial score (nSPS) is 14.8. The van der Waals surface area contributed by atoms with Gasteiger partial charge in [0.15, 0.2) is 0 Å². The first-order valence-corrected chi connectivity index (χ1v) is 6.71. The van der Waals surface area contributed by atoms with Gasteiger partial charge >= 0.3 is 0 Å². The van der Waals surface area contributed by atoms with Crippen molar-refractivity contribution in [3.63, 3.8) is 0 Å². The molecule has 108 valence electrons. The lowest BCUT2D eigenvalue weighted by Gasteiger charge is -2.14. The molecule has 0 unspecified atom stereocenters. The number of hydrogen-bond acceptors (Lipinski definition) is 2. The van der Waals surface area contributed by atoms with Gasteiger partial charge in [-0.05, 0) is 37.9 Å². The third-order valence-corrected chi connectivity index (χ3v) is 3.40. The second kappa shape index (κ2) is 6.61. The highest BCUT2D eigenvalue weighted by atomic mass is 19.1. The molecule has 0 atom stereocenters. The van der Waals surface area contributed by atoms with Gasteiger partial charge in [0.05, 0.1) is 0 Å². The van der Waals surface area contributed by atoms with Gasteiger partial charge < -0.3 is 10.6 Å². The third-order valence-electron chi connectivity index (χ3n) is 3.40. The van der Waals surface area contributed by atoms with Crippen molar-refractivity contribution in [2.75, 3.05) is 19.6 Å². The maximum absolute atomic E-state index is 13.8. The molecule has 20 heavy (non-hydrogen) atoms. The molecule has 1 aliphatic heterocycles. The second-order valence-electron chi connectivity index (χ2n) is 4.88. The number of nitrogens with one attached hydrogen (secondary N) is 2. The Labute approximate surface area is 117 Å². The van der Waals surface area contributed by atoms with Gasteiger partial charge in [0, 0.05) is 13.1 Å². The highest BCUT2D eigenvalue weighted by molar-refractivity contribution is 5.94. The maximum Gasteiger partial charge on any atom is 0.257 e. The molecule has 1 aromatic carbocycles. The standard InChI is InChI=1S/C15H18F2N2O/c1-10-2-3-12(16)13(14(10)17)15(20)19-9-6-11-4-7-18-8-5-11/h2-4,18H,5-9H2,1H3,(H,19,20). The van der Waals surface area contributed by atoms with E-state index < -0.39 is 23.1 Å². The van der Waals surface area contributed by atoms with Gasteiger partial charge in [-0.25, -0.2) is 8.78 Å². The molecule has 0 radical (unpaired) electrons. The number of carbonyl (C=O) groups excluding carboxylic acids is 1. The predicted octanol–water partition coefficient (Wildman–Crippen LogP) is 2.31. The van der Waals surface area contributed by atoms with Crippen LogP contribution in [-0.2, 0) is 0 Å². The van der Waals surface area contributed by atoms with Crippen LogP contribution >= 0.6 is 0 Å². The zero-order chi connectivity index (χ0) is 14.5. The van der Waals surface area contributed by atoms with Crippen molar-refractivity contribution >= 4 is 5.91 Å². The first-order chi connectivity index (χ1) is 9.59. The van der Waals surface area contributed by atoms with Crippen LogP contribution in [-0.4, -0.2) is 25.5 Å². The molecular formula is C15H18F2N2O. The summed E-state index contributed by atoms with van der Waals surface area (Å²) >= 11 is 0. The summed E-state index contributed by atoms with van der Waals surface area (Å²) in [6.45, 7) is 3.66. The van der Waals surface area contributed by atoms with E-state index in [0.29, 0.717) is 13.0 Å². The lowest BCUT2D eigenvalue weighted by Crippen LogP contribution is -2.28. The lowest BCUT2D eigenvalue weighted by molar-refractivity contribution is 0.0945. The summed E-state index contributed by atoms with van der Waals surface area (Å²) in [6, 6.07) is 2.43. The molecule has 2 rings (SSSR count). The Morgan fingerprint density at radius 2 is 2.20 bits per heavy atom. The van der Waals surface area contributed by atoms with E-state index in [1.54, 1.807) is 0 Å². The van der Waals surface area contributed by atoms with Crippen LogP contribution in [0.5, 0.6) is 0 Å². The van der Waals surface area contributed by atoms with Crippen molar-refractivity contribution < 1.29 is 13.6 Å². The summed E-state index contributed by atoms with van der Waals surface area (Å²) in [6.07, 6.45) is 3.75. The fourth-order valence-corrected chi connectivity index (χ4v) is 2.19. The minimum Gasteiger partial charge on any atom is -0.352 e. The van der Waals surface area contributed by atoms with Crippen LogP contribution in [0.3, 0.4) is 0 Å². The summed E-state index contributed by atoms with van der Waals surface area (Å²) in [5.41, 5.74) is 1.02. The number of halogens is 2. The molecule has 5 heteroatoms. The molecule has 1 aliphatic rings. The first-order valence-electron chi connectivity index (χ1n) is 6.71. The van der Waals surface area contributed by atoms with Crippen molar-refractivity contribution in [1.29, 1.82) is 0 Å². The highest BCUT2D eigenvalue weighted by Gasteiger charge is 2.18. The van der Waals surface area contributed by atoms with Gasteiger partial charge in [0.2, 0.25) is 0 Å². The Hall–Kier alpha value is -1.75. The Morgan fingerprint density at radius 3 is 2.90 bits per heavy atom. The lowest BCUT2D eigenvalue weighted by atomic mass is 10.1. The van der Waals surface area contributed by atoms with Crippen LogP contribution in [0.25, 0.3) is 0 Å². The Balaban J connectivity index is 1.95. The van der Waals surface area contributed by atoms with Crippen molar-refractivity contribution in [1.82, 2.24) is 10.6 Å². The second-order valence-corrected chi connectivity index (χ2v) is 4.88. The molecule has 0 saturated carbocycles. The van der Waals surface area contributed by atoms with Crippen LogP contribution in [0, 0.1) is 18.6 Å². The summed E-state index contributed by atoms with van der Waals surface area (Å²) in [4.78, 5) is 11.9. The van der Waals surface area contributed by atoms with Crippen LogP contribution < -0.4 is 10.6 Å². The molecule has 0 saturated heterocycles. The molecule has 0 spiro atoms. The maximum atomic E-state index is 13.8. The SMILES string of the molecule is Cc1ccc(F)c(C(=O)NCCC2=CCNCC2)c1F. The Kier molecular flexibility index (Phi) is 4.84. The van der Waals surface area contributed by atoms with E-state index in [9.17, 15) is 13.6 Å². The third kappa shape index (κ3) is 3.42. The molecule has 1 amide bonds. The molecule has 0 aliphatic carbocycles. The molecule has 1 heterocycles. The topological polar surface area (TPSA) is 41.1 Å². The zero-order valence-electron chi connectivity index (χ0n) is 11.4. The van der Waals surface area contributed by atoms with Gasteiger partial charge in [0.1, 0.15) is 17.2 Å². The van der Waals surface area contributed by atoms with Crippen LogP contribution in [0.15, 0.2) is 23.8 Å². The summed E-state index contributed by atoms with van der Waals surface area (Å²) in [5.74, 6) is -2.31. The van der Waals surface area contributed by atoms with Gasteiger partial charge in [-0.1, -0.05) is 17.7 Å². The number of aryl methyl sites for hydroxylation is 1. The number of benzene rings is 1. The van der Waals surface area contributed by atoms with Crippen molar-refractivity contribution in [2.24, 2.45) is 0 Å². The minimum absolute atomic E-state index is 0.262.